The molecule has 1 amide bonds. The molecule has 0 spiro atoms. The zero-order chi connectivity index (χ0) is 26.5. The molecule has 0 unspecified atom stereocenters. The number of carbonyl (C=O) groups excluding carboxylic acids is 3. The van der Waals surface area contributed by atoms with Gasteiger partial charge in [0.15, 0.2) is 6.04 Å². The first-order chi connectivity index (χ1) is 17.8. The molecule has 0 bridgehead atoms. The summed E-state index contributed by atoms with van der Waals surface area (Å²) in [4.78, 5) is 53.6. The number of nitrogens with zero attached hydrogens (tertiary/aromatic N) is 3. The van der Waals surface area contributed by atoms with Gasteiger partial charge in [-0.25, -0.2) is 4.79 Å². The minimum atomic E-state index is -0.736. The normalized spacial score (nSPS) is 18.8. The summed E-state index contributed by atoms with van der Waals surface area (Å²) in [5.41, 5.74) is 1.82. The molecule has 11 nitrogen and oxygen atoms in total. The van der Waals surface area contributed by atoms with Crippen molar-refractivity contribution in [1.29, 1.82) is 0 Å². The van der Waals surface area contributed by atoms with Crippen molar-refractivity contribution in [2.45, 2.75) is 24.9 Å². The summed E-state index contributed by atoms with van der Waals surface area (Å²) in [5.74, 6) is -0.592. The molecule has 2 atom stereocenters. The van der Waals surface area contributed by atoms with E-state index in [4.69, 9.17) is 14.2 Å². The number of nitro benzene ring substituents is 1. The van der Waals surface area contributed by atoms with Crippen LogP contribution in [0.1, 0.15) is 18.1 Å². The second-order valence-corrected chi connectivity index (χ2v) is 9.24. The van der Waals surface area contributed by atoms with Crippen molar-refractivity contribution in [1.82, 2.24) is 4.90 Å². The van der Waals surface area contributed by atoms with Crippen LogP contribution >= 0.6 is 11.8 Å². The number of rotatable bonds is 9. The quantitative estimate of drug-likeness (QED) is 0.159. The summed E-state index contributed by atoms with van der Waals surface area (Å²) < 4.78 is 15.7. The Bertz CT molecular complexity index is 1270. The van der Waals surface area contributed by atoms with Crippen LogP contribution in [0.15, 0.2) is 64.8 Å². The number of non-ortho nitro benzene ring substituents is 1. The molecule has 0 N–H and O–H groups in total. The van der Waals surface area contributed by atoms with E-state index in [1.54, 1.807) is 31.4 Å². The van der Waals surface area contributed by atoms with E-state index in [-0.39, 0.29) is 24.6 Å². The molecule has 4 rings (SSSR count). The predicted molar refractivity (Wildman–Crippen MR) is 134 cm³/mol. The monoisotopic (exact) mass is 525 g/mol. The molecule has 1 saturated heterocycles. The lowest BCUT2D eigenvalue weighted by molar-refractivity contribution is -0.384. The fourth-order valence-electron chi connectivity index (χ4n) is 3.74. The average molecular weight is 526 g/mol. The molecular weight excluding hydrogens is 502 g/mol. The van der Waals surface area contributed by atoms with Crippen molar-refractivity contribution < 1.29 is 33.5 Å². The third-order valence-corrected chi connectivity index (χ3v) is 7.00. The number of nitro groups is 1. The van der Waals surface area contributed by atoms with E-state index in [1.807, 2.05) is 0 Å². The largest absolute Gasteiger partial charge is 0.497 e. The number of hydrogen-bond donors (Lipinski definition) is 0. The van der Waals surface area contributed by atoms with Crippen molar-refractivity contribution in [3.05, 3.63) is 81.0 Å². The second kappa shape index (κ2) is 11.2. The number of amides is 1. The lowest BCUT2D eigenvalue weighted by Gasteiger charge is -2.48. The van der Waals surface area contributed by atoms with Gasteiger partial charge in [0.05, 0.1) is 12.0 Å². The van der Waals surface area contributed by atoms with Crippen molar-refractivity contribution in [3.63, 3.8) is 0 Å². The van der Waals surface area contributed by atoms with Gasteiger partial charge in [0.2, 0.25) is 0 Å². The van der Waals surface area contributed by atoms with Crippen LogP contribution in [0.2, 0.25) is 0 Å². The summed E-state index contributed by atoms with van der Waals surface area (Å²) in [5, 5.41) is 10.4. The van der Waals surface area contributed by atoms with E-state index >= 15 is 0 Å². The Morgan fingerprint density at radius 2 is 1.84 bits per heavy atom. The topological polar surface area (TPSA) is 138 Å². The van der Waals surface area contributed by atoms with E-state index in [2.05, 4.69) is 4.99 Å². The first-order valence-corrected chi connectivity index (χ1v) is 12.2. The zero-order valence-corrected chi connectivity index (χ0v) is 20.8. The van der Waals surface area contributed by atoms with E-state index < -0.39 is 34.2 Å². The number of benzene rings is 2. The van der Waals surface area contributed by atoms with Gasteiger partial charge in [-0.05, 0) is 35.4 Å². The van der Waals surface area contributed by atoms with Gasteiger partial charge in [0.1, 0.15) is 30.0 Å². The highest BCUT2D eigenvalue weighted by Gasteiger charge is 2.53. The van der Waals surface area contributed by atoms with Gasteiger partial charge in [-0.3, -0.25) is 29.6 Å². The van der Waals surface area contributed by atoms with Gasteiger partial charge in [0, 0.05) is 36.6 Å². The van der Waals surface area contributed by atoms with Crippen LogP contribution < -0.4 is 4.74 Å². The van der Waals surface area contributed by atoms with E-state index in [1.165, 1.54) is 54.1 Å². The number of esters is 2. The smallest absolute Gasteiger partial charge is 0.355 e. The molecule has 2 aliphatic heterocycles. The Labute approximate surface area is 216 Å². The van der Waals surface area contributed by atoms with Crippen LogP contribution in [0.4, 0.5) is 5.69 Å². The van der Waals surface area contributed by atoms with E-state index in [0.717, 1.165) is 5.56 Å². The fourth-order valence-corrected chi connectivity index (χ4v) is 5.06. The van der Waals surface area contributed by atoms with Gasteiger partial charge in [-0.15, -0.1) is 11.8 Å². The standard InChI is InChI=1S/C25H23N3O8S/c1-15(29)35-13-18-14-37-24-21(26-11-16-3-7-19(8-4-16)28(32)33)23(30)27(24)22(18)25(31)36-12-17-5-9-20(34-2)10-6-17/h3-11,21,24H,12-14H2,1-2H3/b26-11+/t21-,24-/m1/s1. The summed E-state index contributed by atoms with van der Waals surface area (Å²) in [7, 11) is 1.55. The zero-order valence-electron chi connectivity index (χ0n) is 20.0. The maximum atomic E-state index is 13.1. The van der Waals surface area contributed by atoms with E-state index in [0.29, 0.717) is 22.6 Å². The van der Waals surface area contributed by atoms with Gasteiger partial charge in [0.25, 0.3) is 11.6 Å². The molecule has 37 heavy (non-hydrogen) atoms. The Kier molecular flexibility index (Phi) is 7.87. The third-order valence-electron chi connectivity index (χ3n) is 5.68. The van der Waals surface area contributed by atoms with Crippen molar-refractivity contribution >= 4 is 41.5 Å². The average Bonchev–Trinajstić information content (AvgIpc) is 2.90. The number of aliphatic imine (C=N–C) groups is 1. The van der Waals surface area contributed by atoms with Crippen LogP contribution in [0.3, 0.4) is 0 Å². The predicted octanol–water partition coefficient (Wildman–Crippen LogP) is 2.87. The molecule has 0 saturated carbocycles. The summed E-state index contributed by atoms with van der Waals surface area (Å²) in [6.07, 6.45) is 1.48. The number of hydrogen-bond acceptors (Lipinski definition) is 10. The van der Waals surface area contributed by atoms with Crippen LogP contribution in [-0.4, -0.2) is 64.8 Å². The third kappa shape index (κ3) is 5.80. The molecule has 192 valence electrons. The van der Waals surface area contributed by atoms with Crippen molar-refractivity contribution in [2.24, 2.45) is 4.99 Å². The lowest BCUT2D eigenvalue weighted by atomic mass is 10.0. The molecule has 0 aliphatic carbocycles. The molecule has 2 aliphatic rings. The van der Waals surface area contributed by atoms with Crippen LogP contribution in [-0.2, 0) is 30.5 Å². The van der Waals surface area contributed by atoms with Gasteiger partial charge >= 0.3 is 11.9 Å². The van der Waals surface area contributed by atoms with Gasteiger partial charge in [-0.2, -0.15) is 0 Å². The highest BCUT2D eigenvalue weighted by molar-refractivity contribution is 8.00. The molecule has 0 radical (unpaired) electrons. The number of thioether (sulfide) groups is 1. The Hall–Kier alpha value is -4.19. The number of ether oxygens (including phenoxy) is 3. The maximum Gasteiger partial charge on any atom is 0.355 e. The minimum Gasteiger partial charge on any atom is -0.497 e. The van der Waals surface area contributed by atoms with Crippen LogP contribution in [0, 0.1) is 10.1 Å². The molecular formula is C25H23N3O8S. The number of β-lactam (4-membered cyclic amide) rings is 1. The molecule has 1 fully saturated rings. The molecule has 2 aromatic rings. The van der Waals surface area contributed by atoms with Crippen molar-refractivity contribution in [2.75, 3.05) is 19.5 Å². The minimum absolute atomic E-state index is 0.0191. The Morgan fingerprint density at radius 1 is 1.14 bits per heavy atom. The highest BCUT2D eigenvalue weighted by Crippen LogP contribution is 2.42. The number of carbonyl (C=O) groups is 3. The highest BCUT2D eigenvalue weighted by atomic mass is 32.2. The molecule has 2 heterocycles. The van der Waals surface area contributed by atoms with Gasteiger partial charge in [-0.1, -0.05) is 12.1 Å². The maximum absolute atomic E-state index is 13.1. The fraction of sp³-hybridized carbons (Fsp3) is 0.280. The molecule has 0 aromatic heterocycles. The van der Waals surface area contributed by atoms with Crippen LogP contribution in [0.5, 0.6) is 5.75 Å². The SMILES string of the molecule is COc1ccc(COC(=O)C2=C(COC(C)=O)CS[C@@H]3[C@H](/N=C/c4ccc([N+](=O)[O-])cc4)C(=O)N23)cc1. The van der Waals surface area contributed by atoms with Crippen LogP contribution in [0.25, 0.3) is 0 Å². The van der Waals surface area contributed by atoms with Crippen molar-refractivity contribution in [3.8, 4) is 5.75 Å². The molecule has 12 heteroatoms. The number of fused-ring (bicyclic) bond motifs is 1. The second-order valence-electron chi connectivity index (χ2n) is 8.14. The summed E-state index contributed by atoms with van der Waals surface area (Å²) >= 11 is 1.40. The van der Waals surface area contributed by atoms with Gasteiger partial charge < -0.3 is 14.2 Å². The van der Waals surface area contributed by atoms with E-state index in [9.17, 15) is 24.5 Å². The summed E-state index contributed by atoms with van der Waals surface area (Å²) in [6.45, 7) is 1.11. The number of methoxy groups -OCH3 is 1. The lowest BCUT2D eigenvalue weighted by Crippen LogP contribution is -2.64. The summed E-state index contributed by atoms with van der Waals surface area (Å²) in [6, 6.07) is 12.1. The Balaban J connectivity index is 1.49. The molecule has 2 aromatic carbocycles. The first kappa shape index (κ1) is 25.9. The first-order valence-electron chi connectivity index (χ1n) is 11.2. The Morgan fingerprint density at radius 3 is 2.46 bits per heavy atom.